The maximum absolute atomic E-state index is 10.5. The van der Waals surface area contributed by atoms with E-state index in [1.807, 2.05) is 18.2 Å². The van der Waals surface area contributed by atoms with Crippen molar-refractivity contribution in [1.29, 1.82) is 0 Å². The second-order valence-corrected chi connectivity index (χ2v) is 5.55. The van der Waals surface area contributed by atoms with Crippen LogP contribution in [-0.2, 0) is 4.79 Å². The summed E-state index contributed by atoms with van der Waals surface area (Å²) in [5, 5.41) is 2.93. The summed E-state index contributed by atoms with van der Waals surface area (Å²) in [6.07, 6.45) is 9.80. The van der Waals surface area contributed by atoms with E-state index in [9.17, 15) is 4.79 Å². The average molecular weight is 254 g/mol. The highest BCUT2D eigenvalue weighted by Gasteiger charge is 2.54. The third kappa shape index (κ3) is 2.08. The number of nitrogens with zero attached hydrogens (tertiary/aromatic N) is 1. The minimum absolute atomic E-state index is 0.364. The normalized spacial score (nSPS) is 23.7. The Bertz CT molecular complexity index is 524. The molecule has 2 fully saturated rings. The zero-order valence-electron chi connectivity index (χ0n) is 10.9. The summed E-state index contributed by atoms with van der Waals surface area (Å²) in [5.41, 5.74) is 2.50. The fourth-order valence-corrected chi connectivity index (χ4v) is 3.28. The Balaban J connectivity index is 1.68. The summed E-state index contributed by atoms with van der Waals surface area (Å²) in [5.74, 6) is 2.76. The molecule has 1 heterocycles. The van der Waals surface area contributed by atoms with E-state index in [2.05, 4.69) is 22.2 Å². The molecule has 1 aliphatic carbocycles. The molecule has 3 rings (SSSR count). The van der Waals surface area contributed by atoms with Crippen LogP contribution < -0.4 is 10.2 Å². The summed E-state index contributed by atoms with van der Waals surface area (Å²) in [6, 6.07) is 8.51. The third-order valence-electron chi connectivity index (χ3n) is 4.62. The van der Waals surface area contributed by atoms with Gasteiger partial charge in [-0.05, 0) is 36.8 Å². The van der Waals surface area contributed by atoms with Crippen molar-refractivity contribution in [2.75, 3.05) is 18.0 Å². The molecule has 1 unspecified atom stereocenters. The van der Waals surface area contributed by atoms with E-state index in [4.69, 9.17) is 6.42 Å². The predicted octanol–water partition coefficient (Wildman–Crippen LogP) is 1.77. The van der Waals surface area contributed by atoms with Crippen molar-refractivity contribution < 1.29 is 4.79 Å². The van der Waals surface area contributed by atoms with E-state index < -0.39 is 0 Å². The van der Waals surface area contributed by atoms with Crippen LogP contribution in [0.1, 0.15) is 24.8 Å². The molecule has 0 radical (unpaired) electrons. The minimum atomic E-state index is 0.364. The van der Waals surface area contributed by atoms with E-state index in [1.165, 1.54) is 5.69 Å². The Labute approximate surface area is 114 Å². The number of nitrogens with one attached hydrogen (secondary N) is 1. The monoisotopic (exact) mass is 254 g/mol. The Morgan fingerprint density at radius 2 is 2.11 bits per heavy atom. The first kappa shape index (κ1) is 12.1. The van der Waals surface area contributed by atoms with Gasteiger partial charge in [-0.2, -0.15) is 0 Å². The molecule has 98 valence electrons. The Morgan fingerprint density at radius 1 is 1.37 bits per heavy atom. The lowest BCUT2D eigenvalue weighted by atomic mass is 9.92. The van der Waals surface area contributed by atoms with E-state index in [-0.39, 0.29) is 0 Å². The molecule has 1 spiro atoms. The van der Waals surface area contributed by atoms with Crippen LogP contribution in [0.2, 0.25) is 0 Å². The van der Waals surface area contributed by atoms with Crippen LogP contribution in [0.3, 0.4) is 0 Å². The highest BCUT2D eigenvalue weighted by molar-refractivity contribution is 5.60. The molecule has 1 saturated heterocycles. The van der Waals surface area contributed by atoms with Crippen molar-refractivity contribution in [3.63, 3.8) is 0 Å². The van der Waals surface area contributed by atoms with Crippen molar-refractivity contribution in [2.24, 2.45) is 5.41 Å². The van der Waals surface area contributed by atoms with Crippen molar-refractivity contribution in [2.45, 2.75) is 25.3 Å². The van der Waals surface area contributed by atoms with E-state index in [0.717, 1.165) is 44.3 Å². The number of terminal acetylenes is 1. The third-order valence-corrected chi connectivity index (χ3v) is 4.62. The zero-order valence-corrected chi connectivity index (χ0v) is 10.9. The summed E-state index contributed by atoms with van der Waals surface area (Å²) in [6.45, 7) is 2.05. The fraction of sp³-hybridized carbons (Fsp3) is 0.438. The Hall–Kier alpha value is -1.95. The van der Waals surface area contributed by atoms with Crippen LogP contribution in [-0.4, -0.2) is 25.5 Å². The van der Waals surface area contributed by atoms with Gasteiger partial charge in [-0.25, -0.2) is 0 Å². The molecule has 3 heteroatoms. The number of benzene rings is 1. The van der Waals surface area contributed by atoms with Gasteiger partial charge in [0.2, 0.25) is 6.41 Å². The van der Waals surface area contributed by atoms with Gasteiger partial charge in [0, 0.05) is 24.7 Å². The van der Waals surface area contributed by atoms with Crippen LogP contribution in [0.15, 0.2) is 24.3 Å². The van der Waals surface area contributed by atoms with Gasteiger partial charge >= 0.3 is 0 Å². The molecule has 1 amide bonds. The lowest BCUT2D eigenvalue weighted by Gasteiger charge is -2.35. The summed E-state index contributed by atoms with van der Waals surface area (Å²) >= 11 is 0. The van der Waals surface area contributed by atoms with Crippen LogP contribution in [0.4, 0.5) is 5.69 Å². The molecule has 1 aromatic rings. The molecule has 19 heavy (non-hydrogen) atoms. The van der Waals surface area contributed by atoms with Crippen molar-refractivity contribution >= 4 is 12.1 Å². The van der Waals surface area contributed by atoms with Gasteiger partial charge in [0.15, 0.2) is 0 Å². The van der Waals surface area contributed by atoms with Crippen LogP contribution in [0.25, 0.3) is 0 Å². The fourth-order valence-electron chi connectivity index (χ4n) is 3.28. The van der Waals surface area contributed by atoms with Crippen LogP contribution in [0.5, 0.6) is 0 Å². The van der Waals surface area contributed by atoms with Crippen molar-refractivity contribution in [3.05, 3.63) is 29.8 Å². The Morgan fingerprint density at radius 3 is 2.79 bits per heavy atom. The molecular formula is C16H18N2O. The molecule has 0 aromatic heterocycles. The van der Waals surface area contributed by atoms with Gasteiger partial charge in [-0.3, -0.25) is 4.79 Å². The molecule has 1 N–H and O–H groups in total. The van der Waals surface area contributed by atoms with Crippen molar-refractivity contribution in [3.8, 4) is 12.3 Å². The van der Waals surface area contributed by atoms with E-state index in [0.29, 0.717) is 11.5 Å². The molecule has 1 aliphatic heterocycles. The number of hydrogen-bond acceptors (Lipinski definition) is 2. The highest BCUT2D eigenvalue weighted by atomic mass is 16.1. The lowest BCUT2D eigenvalue weighted by Crippen LogP contribution is -2.37. The zero-order chi connectivity index (χ0) is 13.3. The molecular weight excluding hydrogens is 236 g/mol. The lowest BCUT2D eigenvalue weighted by molar-refractivity contribution is -0.109. The van der Waals surface area contributed by atoms with Gasteiger partial charge in [0.05, 0.1) is 5.69 Å². The first-order valence-electron chi connectivity index (χ1n) is 6.79. The average Bonchev–Trinajstić information content (AvgIpc) is 3.12. The molecule has 0 bridgehead atoms. The number of rotatable bonds is 3. The number of anilines is 1. The summed E-state index contributed by atoms with van der Waals surface area (Å²) < 4.78 is 0. The van der Waals surface area contributed by atoms with Crippen molar-refractivity contribution in [1.82, 2.24) is 5.32 Å². The topological polar surface area (TPSA) is 32.3 Å². The summed E-state index contributed by atoms with van der Waals surface area (Å²) in [7, 11) is 0. The molecule has 3 nitrogen and oxygen atoms in total. The van der Waals surface area contributed by atoms with Gasteiger partial charge in [0.25, 0.3) is 0 Å². The smallest absolute Gasteiger partial charge is 0.207 e. The quantitative estimate of drug-likeness (QED) is 0.658. The first-order valence-corrected chi connectivity index (χ1v) is 6.79. The largest absolute Gasteiger partial charge is 0.370 e. The van der Waals surface area contributed by atoms with Gasteiger partial charge in [0.1, 0.15) is 0 Å². The highest BCUT2D eigenvalue weighted by Crippen LogP contribution is 2.54. The van der Waals surface area contributed by atoms with E-state index >= 15 is 0 Å². The summed E-state index contributed by atoms with van der Waals surface area (Å²) in [4.78, 5) is 12.9. The maximum atomic E-state index is 10.5. The number of amides is 1. The van der Waals surface area contributed by atoms with Crippen LogP contribution in [0, 0.1) is 17.8 Å². The minimum Gasteiger partial charge on any atom is -0.370 e. The van der Waals surface area contributed by atoms with Gasteiger partial charge in [-0.15, -0.1) is 6.42 Å². The predicted molar refractivity (Wildman–Crippen MR) is 75.9 cm³/mol. The van der Waals surface area contributed by atoms with Gasteiger partial charge in [-0.1, -0.05) is 18.1 Å². The molecule has 2 aliphatic rings. The maximum Gasteiger partial charge on any atom is 0.207 e. The molecule has 1 aromatic carbocycles. The second-order valence-electron chi connectivity index (χ2n) is 5.55. The van der Waals surface area contributed by atoms with Gasteiger partial charge < -0.3 is 10.2 Å². The second kappa shape index (κ2) is 4.62. The standard InChI is InChI=1S/C16H18N2O/c1-2-13-5-3-4-6-14(13)18-9-7-16(8-10-18)11-15(16)17-12-19/h1,3-6,12,15H,7-11H2,(H,17,19). The number of carbonyl (C=O) groups excluding carboxylic acids is 1. The SMILES string of the molecule is C#Cc1ccccc1N1CCC2(CC1)CC2NC=O. The number of carbonyl (C=O) groups is 1. The van der Waals surface area contributed by atoms with E-state index in [1.54, 1.807) is 0 Å². The molecule has 1 saturated carbocycles. The first-order chi connectivity index (χ1) is 9.29. The number of para-hydroxylation sites is 1. The molecule has 1 atom stereocenters. The number of piperidine rings is 1. The van der Waals surface area contributed by atoms with Crippen LogP contribution >= 0.6 is 0 Å². The Kier molecular flexibility index (Phi) is 2.94. The number of hydrogen-bond donors (Lipinski definition) is 1.